The third-order valence-electron chi connectivity index (χ3n) is 2.96. The molecule has 0 fully saturated rings. The Labute approximate surface area is 126 Å². The van der Waals surface area contributed by atoms with Gasteiger partial charge in [0.1, 0.15) is 0 Å². The van der Waals surface area contributed by atoms with E-state index in [0.717, 1.165) is 16.1 Å². The average molecular weight is 304 g/mol. The first-order valence-electron chi connectivity index (χ1n) is 6.52. The largest absolute Gasteiger partial charge is 0.481 e. The monoisotopic (exact) mass is 304 g/mol. The Morgan fingerprint density at radius 3 is 2.76 bits per heavy atom. The minimum atomic E-state index is -0.840. The van der Waals surface area contributed by atoms with E-state index in [9.17, 15) is 9.59 Å². The molecule has 0 saturated carbocycles. The van der Waals surface area contributed by atoms with E-state index in [1.165, 1.54) is 11.3 Å². The number of nitrogens with zero attached hydrogens (tertiary/aromatic N) is 1. The molecule has 0 saturated heterocycles. The van der Waals surface area contributed by atoms with Crippen LogP contribution in [-0.2, 0) is 11.2 Å². The van der Waals surface area contributed by atoms with Crippen molar-refractivity contribution >= 4 is 28.3 Å². The molecular weight excluding hydrogens is 288 g/mol. The van der Waals surface area contributed by atoms with Crippen molar-refractivity contribution in [3.63, 3.8) is 0 Å². The quantitative estimate of drug-likeness (QED) is 0.890. The zero-order valence-corrected chi connectivity index (χ0v) is 12.7. The van der Waals surface area contributed by atoms with Gasteiger partial charge in [-0.2, -0.15) is 0 Å². The van der Waals surface area contributed by atoms with Gasteiger partial charge >= 0.3 is 5.97 Å². The molecule has 6 heteroatoms. The third-order valence-corrected chi connectivity index (χ3v) is 4.09. The van der Waals surface area contributed by atoms with Crippen LogP contribution in [0.25, 0.3) is 0 Å². The Kier molecular flexibility index (Phi) is 4.70. The molecule has 1 amide bonds. The molecule has 0 atom stereocenters. The van der Waals surface area contributed by atoms with Gasteiger partial charge in [-0.25, -0.2) is 4.98 Å². The summed E-state index contributed by atoms with van der Waals surface area (Å²) in [6, 6.07) is 7.30. The minimum absolute atomic E-state index is 0.0638. The van der Waals surface area contributed by atoms with Crippen LogP contribution < -0.4 is 5.32 Å². The summed E-state index contributed by atoms with van der Waals surface area (Å²) in [6.07, 6.45) is 0.494. The topological polar surface area (TPSA) is 79.3 Å². The molecule has 110 valence electrons. The van der Waals surface area contributed by atoms with Gasteiger partial charge in [-0.1, -0.05) is 17.7 Å². The summed E-state index contributed by atoms with van der Waals surface area (Å²) in [5.74, 6) is -1.05. The summed E-state index contributed by atoms with van der Waals surface area (Å²) in [5, 5.41) is 12.0. The molecular formula is C15H16N2O3S. The van der Waals surface area contributed by atoms with Gasteiger partial charge in [-0.05, 0) is 32.4 Å². The highest BCUT2D eigenvalue weighted by atomic mass is 32.1. The van der Waals surface area contributed by atoms with Crippen molar-refractivity contribution in [3.8, 4) is 0 Å². The summed E-state index contributed by atoms with van der Waals surface area (Å²) in [6.45, 7) is 3.74. The van der Waals surface area contributed by atoms with Crippen molar-refractivity contribution in [1.29, 1.82) is 0 Å². The van der Waals surface area contributed by atoms with Gasteiger partial charge in [-0.3, -0.25) is 14.9 Å². The van der Waals surface area contributed by atoms with Crippen LogP contribution in [0.2, 0.25) is 0 Å². The molecule has 0 aliphatic heterocycles. The number of carboxylic acids is 1. The molecule has 2 aromatic rings. The van der Waals surface area contributed by atoms with Gasteiger partial charge in [0.05, 0.1) is 12.1 Å². The smallest absolute Gasteiger partial charge is 0.303 e. The number of amides is 1. The Hall–Kier alpha value is -2.21. The molecule has 0 spiro atoms. The zero-order chi connectivity index (χ0) is 15.4. The van der Waals surface area contributed by atoms with Crippen LogP contribution in [0, 0.1) is 13.8 Å². The molecule has 2 rings (SSSR count). The lowest BCUT2D eigenvalue weighted by atomic mass is 10.1. The Morgan fingerprint density at radius 2 is 2.10 bits per heavy atom. The van der Waals surface area contributed by atoms with Gasteiger partial charge in [0.2, 0.25) is 0 Å². The van der Waals surface area contributed by atoms with Crippen molar-refractivity contribution in [2.24, 2.45) is 0 Å². The van der Waals surface area contributed by atoms with E-state index in [1.54, 1.807) is 12.1 Å². The molecule has 0 radical (unpaired) electrons. The van der Waals surface area contributed by atoms with Crippen LogP contribution in [0.1, 0.15) is 32.9 Å². The van der Waals surface area contributed by atoms with E-state index in [1.807, 2.05) is 26.0 Å². The fourth-order valence-electron chi connectivity index (χ4n) is 1.89. The molecule has 0 aliphatic rings. The number of aromatic nitrogens is 1. The number of aliphatic carboxylic acids is 1. The van der Waals surface area contributed by atoms with Gasteiger partial charge < -0.3 is 5.11 Å². The maximum absolute atomic E-state index is 12.1. The third kappa shape index (κ3) is 4.13. The number of carboxylic acid groups (broad SMARTS) is 1. The van der Waals surface area contributed by atoms with E-state index in [4.69, 9.17) is 5.11 Å². The van der Waals surface area contributed by atoms with Crippen LogP contribution in [0.15, 0.2) is 24.3 Å². The van der Waals surface area contributed by atoms with Crippen molar-refractivity contribution in [3.05, 3.63) is 46.0 Å². The fraction of sp³-hybridized carbons (Fsp3) is 0.267. The van der Waals surface area contributed by atoms with E-state index in [2.05, 4.69) is 10.3 Å². The second kappa shape index (κ2) is 6.49. The van der Waals surface area contributed by atoms with E-state index >= 15 is 0 Å². The normalized spacial score (nSPS) is 10.4. The number of aryl methyl sites for hydroxylation is 3. The molecule has 0 unspecified atom stereocenters. The average Bonchev–Trinajstić information content (AvgIpc) is 2.76. The molecule has 5 nitrogen and oxygen atoms in total. The molecule has 1 aromatic carbocycles. The number of rotatable bonds is 5. The number of hydrogen-bond donors (Lipinski definition) is 2. The number of hydrogen-bond acceptors (Lipinski definition) is 4. The van der Waals surface area contributed by atoms with Crippen LogP contribution in [0.4, 0.5) is 5.13 Å². The lowest BCUT2D eigenvalue weighted by Crippen LogP contribution is -2.11. The van der Waals surface area contributed by atoms with Crippen molar-refractivity contribution < 1.29 is 14.7 Å². The minimum Gasteiger partial charge on any atom is -0.481 e. The first-order valence-corrected chi connectivity index (χ1v) is 7.33. The molecule has 0 aliphatic carbocycles. The maximum Gasteiger partial charge on any atom is 0.303 e. The van der Waals surface area contributed by atoms with Gasteiger partial charge in [0, 0.05) is 10.4 Å². The second-order valence-electron chi connectivity index (χ2n) is 4.74. The summed E-state index contributed by atoms with van der Waals surface area (Å²) in [4.78, 5) is 27.9. The summed E-state index contributed by atoms with van der Waals surface area (Å²) in [5.41, 5.74) is 2.36. The first-order chi connectivity index (χ1) is 9.95. The second-order valence-corrected chi connectivity index (χ2v) is 5.83. The Morgan fingerprint density at radius 1 is 1.33 bits per heavy atom. The summed E-state index contributed by atoms with van der Waals surface area (Å²) < 4.78 is 0. The first kappa shape index (κ1) is 15.2. The SMILES string of the molecule is Cc1cccc(C(=O)Nc2nc(C)c(CCC(=O)O)s2)c1. The van der Waals surface area contributed by atoms with Crippen molar-refractivity contribution in [2.45, 2.75) is 26.7 Å². The Balaban J connectivity index is 2.08. The predicted molar refractivity (Wildman–Crippen MR) is 81.9 cm³/mol. The highest BCUT2D eigenvalue weighted by molar-refractivity contribution is 7.15. The van der Waals surface area contributed by atoms with Gasteiger partial charge in [-0.15, -0.1) is 11.3 Å². The van der Waals surface area contributed by atoms with Crippen LogP contribution in [0.3, 0.4) is 0 Å². The fourth-order valence-corrected chi connectivity index (χ4v) is 2.85. The summed E-state index contributed by atoms with van der Waals surface area (Å²) >= 11 is 1.32. The number of thiazole rings is 1. The van der Waals surface area contributed by atoms with Crippen molar-refractivity contribution in [1.82, 2.24) is 4.98 Å². The predicted octanol–water partition coefficient (Wildman–Crippen LogP) is 3.03. The standard InChI is InChI=1S/C15H16N2O3S/c1-9-4-3-5-11(8-9)14(20)17-15-16-10(2)12(21-15)6-7-13(18)19/h3-5,8H,6-7H2,1-2H3,(H,18,19)(H,16,17,20). The summed E-state index contributed by atoms with van der Waals surface area (Å²) in [7, 11) is 0. The highest BCUT2D eigenvalue weighted by Crippen LogP contribution is 2.24. The van der Waals surface area contributed by atoms with Gasteiger partial charge in [0.15, 0.2) is 5.13 Å². The van der Waals surface area contributed by atoms with Crippen molar-refractivity contribution in [2.75, 3.05) is 5.32 Å². The zero-order valence-electron chi connectivity index (χ0n) is 11.8. The number of anilines is 1. The molecule has 1 heterocycles. The molecule has 1 aromatic heterocycles. The number of nitrogens with one attached hydrogen (secondary N) is 1. The van der Waals surface area contributed by atoms with Crippen LogP contribution in [0.5, 0.6) is 0 Å². The van der Waals surface area contributed by atoms with Gasteiger partial charge in [0.25, 0.3) is 5.91 Å². The van der Waals surface area contributed by atoms with E-state index in [0.29, 0.717) is 17.1 Å². The highest BCUT2D eigenvalue weighted by Gasteiger charge is 2.12. The Bertz CT molecular complexity index is 679. The van der Waals surface area contributed by atoms with E-state index in [-0.39, 0.29) is 12.3 Å². The van der Waals surface area contributed by atoms with Crippen LogP contribution in [-0.4, -0.2) is 22.0 Å². The lowest BCUT2D eigenvalue weighted by molar-refractivity contribution is -0.136. The lowest BCUT2D eigenvalue weighted by Gasteiger charge is -2.02. The molecule has 2 N–H and O–H groups in total. The number of benzene rings is 1. The molecule has 21 heavy (non-hydrogen) atoms. The maximum atomic E-state index is 12.1. The van der Waals surface area contributed by atoms with E-state index < -0.39 is 5.97 Å². The van der Waals surface area contributed by atoms with Crippen LogP contribution >= 0.6 is 11.3 Å². The number of carbonyl (C=O) groups is 2. The molecule has 0 bridgehead atoms. The number of carbonyl (C=O) groups excluding carboxylic acids is 1.